The van der Waals surface area contributed by atoms with Gasteiger partial charge in [-0.1, -0.05) is 18.2 Å². The van der Waals surface area contributed by atoms with Crippen LogP contribution in [0.25, 0.3) is 5.57 Å². The largest absolute Gasteiger partial charge is 2.00 e. The Labute approximate surface area is 212 Å². The van der Waals surface area contributed by atoms with Crippen LogP contribution in [0.15, 0.2) is 48.6 Å². The second kappa shape index (κ2) is 13.4. The van der Waals surface area contributed by atoms with Crippen molar-refractivity contribution in [2.75, 3.05) is 6.26 Å². The van der Waals surface area contributed by atoms with Gasteiger partial charge in [0, 0.05) is 14.2 Å². The Kier molecular flexibility index (Phi) is 14.1. The second-order valence-electron chi connectivity index (χ2n) is 10.9. The van der Waals surface area contributed by atoms with Crippen LogP contribution in [0, 0.1) is 6.04 Å². The molecule has 1 aliphatic rings. The van der Waals surface area contributed by atoms with Crippen molar-refractivity contribution in [1.29, 1.82) is 0 Å². The first-order chi connectivity index (χ1) is 13.7. The summed E-state index contributed by atoms with van der Waals surface area (Å²) in [5.41, 5.74) is 8.26. The molecule has 0 heterocycles. The van der Waals surface area contributed by atoms with E-state index in [0.29, 0.717) is 21.7 Å². The van der Waals surface area contributed by atoms with Gasteiger partial charge in [-0.2, -0.15) is 11.6 Å². The van der Waals surface area contributed by atoms with Gasteiger partial charge in [-0.05, 0) is 68.7 Å². The number of rotatable bonds is 1. The van der Waals surface area contributed by atoms with Crippen molar-refractivity contribution >= 4 is 23.6 Å². The molecule has 7 heteroatoms. The van der Waals surface area contributed by atoms with Crippen LogP contribution in [0.5, 0.6) is 0 Å². The maximum Gasteiger partial charge on any atom is 2.00 e. The van der Waals surface area contributed by atoms with Crippen molar-refractivity contribution < 1.29 is 33.4 Å². The molecule has 0 fully saturated rings. The van der Waals surface area contributed by atoms with E-state index in [1.165, 1.54) is 5.56 Å². The maximum absolute atomic E-state index is 9.08. The minimum absolute atomic E-state index is 0. The fraction of sp³-hybridized carbons (Fsp3) is 0.560. The summed E-state index contributed by atoms with van der Waals surface area (Å²) in [5, 5.41) is 1.46. The predicted octanol–water partition coefficient (Wildman–Crippen LogP) is 6.28. The fourth-order valence-electron chi connectivity index (χ4n) is 4.85. The van der Waals surface area contributed by atoms with Gasteiger partial charge in [-0.25, -0.2) is 8.42 Å². The van der Waals surface area contributed by atoms with Crippen molar-refractivity contribution in [3.63, 3.8) is 0 Å². The number of allylic oxidation sites excluding steroid dienone is 2. The van der Waals surface area contributed by atoms with E-state index in [0.717, 1.165) is 18.0 Å². The van der Waals surface area contributed by atoms with Crippen molar-refractivity contribution in [3.8, 4) is 0 Å². The number of hydrogen-bond donors (Lipinski definition) is 1. The molecule has 0 aromatic heterocycles. The van der Waals surface area contributed by atoms with Crippen LogP contribution < -0.4 is 5.73 Å². The molecule has 0 saturated carbocycles. The van der Waals surface area contributed by atoms with Crippen LogP contribution in [-0.2, 0) is 30.5 Å². The van der Waals surface area contributed by atoms with Gasteiger partial charge in [0.1, 0.15) is 0 Å². The molecule has 0 saturated heterocycles. The van der Waals surface area contributed by atoms with Gasteiger partial charge in [0.05, 0.1) is 25.6 Å². The van der Waals surface area contributed by atoms with E-state index in [2.05, 4.69) is 92.7 Å². The van der Waals surface area contributed by atoms with Gasteiger partial charge in [-0.3, -0.25) is 0 Å². The fourth-order valence-corrected chi connectivity index (χ4v) is 11.6. The van der Waals surface area contributed by atoms with Crippen LogP contribution in [0.1, 0.15) is 74.3 Å². The van der Waals surface area contributed by atoms with Crippen LogP contribution >= 0.6 is 7.92 Å². The SMILES string of the molecule is CC(C)(C)[PH+](C(C)(C)C)C(C)(C)C.CS(=O)(=O)[O-].N[C-]1CC=CC=C1c1ccccc1.[Pd+2]. The Morgan fingerprint density at radius 2 is 1.28 bits per heavy atom. The topological polar surface area (TPSA) is 83.2 Å². The predicted molar refractivity (Wildman–Crippen MR) is 139 cm³/mol. The zero-order valence-corrected chi connectivity index (χ0v) is 24.7. The zero-order chi connectivity index (χ0) is 24.7. The van der Waals surface area contributed by atoms with E-state index >= 15 is 0 Å². The van der Waals surface area contributed by atoms with Gasteiger partial charge < -0.3 is 10.3 Å². The zero-order valence-electron chi connectivity index (χ0n) is 21.4. The standard InChI is InChI=1S/C12H12N.C12H27P.CH4O3S.Pd/c13-12-9-5-4-8-11(12)10-6-2-1-3-7-10;1-10(2,3)13(11(4,5)6)12(7,8)9;1-5(2,3)4;/h1-8H,9,13H2;1-9H3;1H3,(H,2,3,4);/q-1;;;+2. The Balaban J connectivity index is 0. The van der Waals surface area contributed by atoms with Crippen LogP contribution in [-0.4, -0.2) is 34.7 Å². The van der Waals surface area contributed by atoms with Crippen LogP contribution in [0.3, 0.4) is 0 Å². The van der Waals surface area contributed by atoms with E-state index in [9.17, 15) is 0 Å². The van der Waals surface area contributed by atoms with E-state index in [4.69, 9.17) is 18.7 Å². The average Bonchev–Trinajstić information content (AvgIpc) is 2.50. The first-order valence-electron chi connectivity index (χ1n) is 10.6. The summed E-state index contributed by atoms with van der Waals surface area (Å²) in [7, 11) is -4.31. The van der Waals surface area contributed by atoms with Gasteiger partial charge in [0.15, 0.2) is 0 Å². The van der Waals surface area contributed by atoms with Gasteiger partial charge in [0.2, 0.25) is 0 Å². The summed E-state index contributed by atoms with van der Waals surface area (Å²) in [6.45, 7) is 21.6. The quantitative estimate of drug-likeness (QED) is 0.185. The first kappa shape index (κ1) is 33.7. The Hall–Kier alpha value is -0.468. The smallest absolute Gasteiger partial charge is 0.748 e. The normalized spacial score (nSPS) is 14.4. The third kappa shape index (κ3) is 14.6. The summed E-state index contributed by atoms with van der Waals surface area (Å²) < 4.78 is 27.2. The summed E-state index contributed by atoms with van der Waals surface area (Å²) >= 11 is 0. The summed E-state index contributed by atoms with van der Waals surface area (Å²) in [4.78, 5) is 0. The van der Waals surface area contributed by atoms with E-state index < -0.39 is 18.0 Å². The van der Waals surface area contributed by atoms with E-state index in [1.807, 2.05) is 18.2 Å². The molecular weight excluding hydrogens is 532 g/mol. The van der Waals surface area contributed by atoms with Crippen molar-refractivity contribution in [2.24, 2.45) is 5.73 Å². The Morgan fingerprint density at radius 3 is 1.56 bits per heavy atom. The Bertz CT molecular complexity index is 789. The minimum atomic E-state index is -3.92. The molecule has 0 radical (unpaired) electrons. The van der Waals surface area contributed by atoms with Gasteiger partial charge in [0.25, 0.3) is 0 Å². The number of hydrogen-bond acceptors (Lipinski definition) is 4. The molecule has 0 amide bonds. The average molecular weight is 575 g/mol. The third-order valence-electron chi connectivity index (χ3n) is 4.42. The summed E-state index contributed by atoms with van der Waals surface area (Å²) in [6.07, 6.45) is 7.66. The molecule has 32 heavy (non-hydrogen) atoms. The molecule has 1 aromatic carbocycles. The van der Waals surface area contributed by atoms with Crippen LogP contribution in [0.4, 0.5) is 0 Å². The molecule has 0 aliphatic heterocycles. The number of nitrogens with two attached hydrogens (primary N) is 1. The second-order valence-corrected chi connectivity index (χ2v) is 17.6. The molecule has 1 aliphatic carbocycles. The molecular formula is C25H43NO3PPdS+. The van der Waals surface area contributed by atoms with Crippen molar-refractivity contribution in [2.45, 2.75) is 84.2 Å². The third-order valence-corrected chi connectivity index (χ3v) is 8.92. The monoisotopic (exact) mass is 574 g/mol. The summed E-state index contributed by atoms with van der Waals surface area (Å²) in [6, 6.07) is 11.2. The molecule has 0 atom stereocenters. The summed E-state index contributed by atoms with van der Waals surface area (Å²) in [5.74, 6) is 0. The molecule has 2 N–H and O–H groups in total. The minimum Gasteiger partial charge on any atom is -0.748 e. The molecule has 0 bridgehead atoms. The maximum atomic E-state index is 9.08. The van der Waals surface area contributed by atoms with E-state index in [1.54, 1.807) is 0 Å². The molecule has 186 valence electrons. The van der Waals surface area contributed by atoms with Gasteiger partial charge in [-0.15, -0.1) is 35.9 Å². The molecule has 2 rings (SSSR count). The molecule has 0 unspecified atom stereocenters. The number of benzene rings is 1. The molecule has 0 spiro atoms. The van der Waals surface area contributed by atoms with Crippen molar-refractivity contribution in [1.82, 2.24) is 0 Å². The Morgan fingerprint density at radius 1 is 0.906 bits per heavy atom. The van der Waals surface area contributed by atoms with Crippen molar-refractivity contribution in [3.05, 3.63) is 60.2 Å². The molecule has 1 aromatic rings. The van der Waals surface area contributed by atoms with E-state index in [-0.39, 0.29) is 20.4 Å². The van der Waals surface area contributed by atoms with Crippen LogP contribution in [0.2, 0.25) is 0 Å². The first-order valence-corrected chi connectivity index (χ1v) is 13.9. The van der Waals surface area contributed by atoms with Gasteiger partial charge >= 0.3 is 20.4 Å². The molecule has 4 nitrogen and oxygen atoms in total.